The van der Waals surface area contributed by atoms with E-state index in [1.165, 1.54) is 24.3 Å². The number of rotatable bonds is 10. The number of nitrogens with one attached hydrogen (secondary N) is 3. The quantitative estimate of drug-likeness (QED) is 0.313. The molecule has 1 amide bonds. The van der Waals surface area contributed by atoms with Gasteiger partial charge in [0.2, 0.25) is 17.5 Å². The molecule has 0 saturated heterocycles. The van der Waals surface area contributed by atoms with Crippen LogP contribution in [0.3, 0.4) is 0 Å². The maximum atomic E-state index is 12.0. The Balaban J connectivity index is 2.02. The highest BCUT2D eigenvalue weighted by Gasteiger charge is 2.23. The summed E-state index contributed by atoms with van der Waals surface area (Å²) in [7, 11) is 0. The van der Waals surface area contributed by atoms with Crippen LogP contribution in [0.2, 0.25) is 0 Å². The van der Waals surface area contributed by atoms with E-state index in [0.717, 1.165) is 19.2 Å². The average Bonchev–Trinajstić information content (AvgIpc) is 2.67. The van der Waals surface area contributed by atoms with E-state index in [1.807, 2.05) is 6.92 Å². The Kier molecular flexibility index (Phi) is 7.13. The molecule has 148 valence electrons. The van der Waals surface area contributed by atoms with Crippen LogP contribution in [-0.4, -0.2) is 32.3 Å². The third kappa shape index (κ3) is 5.59. The van der Waals surface area contributed by atoms with Gasteiger partial charge < -0.3 is 5.32 Å². The Morgan fingerprint density at radius 3 is 2.36 bits per heavy atom. The zero-order chi connectivity index (χ0) is 20.5. The molecule has 12 nitrogen and oxygen atoms in total. The largest absolute Gasteiger partial charge is 0.364 e. The van der Waals surface area contributed by atoms with Gasteiger partial charge in [0.25, 0.3) is 5.69 Å². The molecule has 0 radical (unpaired) electrons. The molecular formula is C16H19N7O5. The van der Waals surface area contributed by atoms with Crippen molar-refractivity contribution in [2.75, 3.05) is 17.3 Å². The lowest BCUT2D eigenvalue weighted by Gasteiger charge is -2.10. The van der Waals surface area contributed by atoms with E-state index in [0.29, 0.717) is 12.1 Å². The Hall–Kier alpha value is -3.83. The van der Waals surface area contributed by atoms with Crippen LogP contribution < -0.4 is 16.2 Å². The molecule has 0 saturated carbocycles. The van der Waals surface area contributed by atoms with Crippen molar-refractivity contribution in [1.29, 1.82) is 0 Å². The minimum atomic E-state index is -0.640. The lowest BCUT2D eigenvalue weighted by molar-refractivity contribution is -0.384. The summed E-state index contributed by atoms with van der Waals surface area (Å²) in [6, 6.07) is 5.50. The van der Waals surface area contributed by atoms with Gasteiger partial charge >= 0.3 is 5.69 Å². The fraction of sp³-hybridized carbons (Fsp3) is 0.312. The summed E-state index contributed by atoms with van der Waals surface area (Å²) in [5.41, 5.74) is 4.85. The van der Waals surface area contributed by atoms with Gasteiger partial charge in [-0.25, -0.2) is 9.97 Å². The van der Waals surface area contributed by atoms with Gasteiger partial charge in [-0.15, -0.1) is 0 Å². The molecule has 0 unspecified atom stereocenters. The van der Waals surface area contributed by atoms with E-state index in [9.17, 15) is 25.0 Å². The van der Waals surface area contributed by atoms with E-state index in [1.54, 1.807) is 0 Å². The maximum Gasteiger partial charge on any atom is 0.354 e. The second-order valence-electron chi connectivity index (χ2n) is 5.73. The van der Waals surface area contributed by atoms with E-state index in [4.69, 9.17) is 0 Å². The summed E-state index contributed by atoms with van der Waals surface area (Å²) in [4.78, 5) is 40.6. The first-order chi connectivity index (χ1) is 13.4. The van der Waals surface area contributed by atoms with Gasteiger partial charge in [0.1, 0.15) is 6.33 Å². The third-order valence-electron chi connectivity index (χ3n) is 3.66. The highest BCUT2D eigenvalue weighted by Crippen LogP contribution is 2.28. The molecule has 1 aromatic heterocycles. The molecule has 12 heteroatoms. The molecule has 2 rings (SSSR count). The van der Waals surface area contributed by atoms with E-state index >= 15 is 0 Å². The molecule has 0 bridgehead atoms. The van der Waals surface area contributed by atoms with Crippen molar-refractivity contribution in [2.24, 2.45) is 0 Å². The van der Waals surface area contributed by atoms with Crippen LogP contribution in [0, 0.1) is 20.2 Å². The number of nitro benzene ring substituents is 1. The minimum Gasteiger partial charge on any atom is -0.364 e. The van der Waals surface area contributed by atoms with Gasteiger partial charge in [-0.1, -0.05) is 25.5 Å². The first-order valence-electron chi connectivity index (χ1n) is 8.43. The molecule has 0 fully saturated rings. The molecule has 3 N–H and O–H groups in total. The summed E-state index contributed by atoms with van der Waals surface area (Å²) in [5, 5.41) is 24.9. The van der Waals surface area contributed by atoms with Crippen LogP contribution >= 0.6 is 0 Å². The van der Waals surface area contributed by atoms with E-state index in [2.05, 4.69) is 26.1 Å². The normalized spacial score (nSPS) is 10.2. The summed E-state index contributed by atoms with van der Waals surface area (Å²) in [5.74, 6) is -0.598. The Labute approximate surface area is 159 Å². The van der Waals surface area contributed by atoms with Gasteiger partial charge in [0.05, 0.1) is 16.3 Å². The Morgan fingerprint density at radius 2 is 1.75 bits per heavy atom. The molecule has 1 aromatic carbocycles. The molecule has 0 aliphatic rings. The zero-order valence-electron chi connectivity index (χ0n) is 15.0. The SMILES string of the molecule is CCCCNc1ncnc(NNC(=O)Cc2ccc([N+](=O)[O-])cc2)c1[N+](=O)[O-]. The highest BCUT2D eigenvalue weighted by molar-refractivity contribution is 5.81. The van der Waals surface area contributed by atoms with Crippen molar-refractivity contribution in [3.8, 4) is 0 Å². The van der Waals surface area contributed by atoms with Gasteiger partial charge in [-0.3, -0.25) is 35.9 Å². The standard InChI is InChI=1S/C16H19N7O5/c1-2-3-8-17-15-14(23(27)28)16(19-10-18-15)21-20-13(24)9-11-4-6-12(7-5-11)22(25)26/h4-7,10H,2-3,8-9H2,1H3,(H,20,24)(H2,17,18,19,21). The van der Waals surface area contributed by atoms with Gasteiger partial charge in [-0.2, -0.15) is 0 Å². The molecule has 0 aliphatic carbocycles. The first-order valence-corrected chi connectivity index (χ1v) is 8.43. The van der Waals surface area contributed by atoms with Crippen LogP contribution in [0.15, 0.2) is 30.6 Å². The predicted octanol–water partition coefficient (Wildman–Crippen LogP) is 2.19. The Bertz CT molecular complexity index is 857. The smallest absolute Gasteiger partial charge is 0.354 e. The van der Waals surface area contributed by atoms with Crippen LogP contribution in [0.5, 0.6) is 0 Å². The maximum absolute atomic E-state index is 12.0. The molecule has 0 aliphatic heterocycles. The summed E-state index contributed by atoms with van der Waals surface area (Å²) < 4.78 is 0. The van der Waals surface area contributed by atoms with Crippen LogP contribution in [-0.2, 0) is 11.2 Å². The molecule has 28 heavy (non-hydrogen) atoms. The number of carbonyl (C=O) groups is 1. The van der Waals surface area contributed by atoms with Crippen molar-refractivity contribution < 1.29 is 14.6 Å². The first kappa shape index (κ1) is 20.5. The zero-order valence-corrected chi connectivity index (χ0v) is 15.0. The average molecular weight is 389 g/mol. The van der Waals surface area contributed by atoms with E-state index in [-0.39, 0.29) is 29.4 Å². The molecule has 0 atom stereocenters. The highest BCUT2D eigenvalue weighted by atomic mass is 16.6. The third-order valence-corrected chi connectivity index (χ3v) is 3.66. The number of nitrogens with zero attached hydrogens (tertiary/aromatic N) is 4. The topological polar surface area (TPSA) is 165 Å². The molecule has 0 spiro atoms. The van der Waals surface area contributed by atoms with Crippen molar-refractivity contribution >= 4 is 28.9 Å². The fourth-order valence-electron chi connectivity index (χ4n) is 2.25. The number of hydrogen-bond donors (Lipinski definition) is 3. The number of benzene rings is 1. The molecule has 2 aromatic rings. The summed E-state index contributed by atoms with van der Waals surface area (Å²) in [6.07, 6.45) is 2.79. The number of carbonyl (C=O) groups excluding carboxylic acids is 1. The summed E-state index contributed by atoms with van der Waals surface area (Å²) in [6.45, 7) is 2.50. The number of aromatic nitrogens is 2. The minimum absolute atomic E-state index is 0.0561. The second-order valence-corrected chi connectivity index (χ2v) is 5.73. The van der Waals surface area contributed by atoms with Gasteiger partial charge in [0.15, 0.2) is 0 Å². The number of nitro groups is 2. The molecule has 1 heterocycles. The number of anilines is 2. The Morgan fingerprint density at radius 1 is 1.07 bits per heavy atom. The number of hydrogen-bond acceptors (Lipinski definition) is 9. The van der Waals surface area contributed by atoms with E-state index < -0.39 is 15.8 Å². The molecular weight excluding hydrogens is 370 g/mol. The lowest BCUT2D eigenvalue weighted by atomic mass is 10.1. The van der Waals surface area contributed by atoms with Crippen LogP contribution in [0.25, 0.3) is 0 Å². The van der Waals surface area contributed by atoms with Crippen molar-refractivity contribution in [3.63, 3.8) is 0 Å². The predicted molar refractivity (Wildman–Crippen MR) is 101 cm³/mol. The second kappa shape index (κ2) is 9.75. The number of unbranched alkanes of at least 4 members (excludes halogenated alkanes) is 1. The van der Waals surface area contributed by atoms with Crippen LogP contribution in [0.4, 0.5) is 23.0 Å². The summed E-state index contributed by atoms with van der Waals surface area (Å²) >= 11 is 0. The monoisotopic (exact) mass is 389 g/mol. The number of hydrazine groups is 1. The number of amides is 1. The van der Waals surface area contributed by atoms with Crippen molar-refractivity contribution in [1.82, 2.24) is 15.4 Å². The van der Waals surface area contributed by atoms with Gasteiger partial charge in [0, 0.05) is 18.7 Å². The van der Waals surface area contributed by atoms with Crippen molar-refractivity contribution in [3.05, 3.63) is 56.4 Å². The lowest BCUT2D eigenvalue weighted by Crippen LogP contribution is -2.31. The van der Waals surface area contributed by atoms with Crippen LogP contribution in [0.1, 0.15) is 25.3 Å². The number of non-ortho nitro benzene ring substituents is 1. The van der Waals surface area contributed by atoms with Crippen molar-refractivity contribution in [2.45, 2.75) is 26.2 Å². The van der Waals surface area contributed by atoms with Gasteiger partial charge in [-0.05, 0) is 12.0 Å². The fourth-order valence-corrected chi connectivity index (χ4v) is 2.25.